The molecule has 2 N–H and O–H groups in total. The maximum absolute atomic E-state index is 14.3. The highest BCUT2D eigenvalue weighted by molar-refractivity contribution is 6.02. The fourth-order valence-corrected chi connectivity index (χ4v) is 3.29. The van der Waals surface area contributed by atoms with Gasteiger partial charge in [-0.15, -0.1) is 6.58 Å². The lowest BCUT2D eigenvalue weighted by molar-refractivity contribution is -0.174. The maximum Gasteiger partial charge on any atom is 0.402 e. The van der Waals surface area contributed by atoms with Crippen LogP contribution in [0.3, 0.4) is 0 Å². The van der Waals surface area contributed by atoms with Gasteiger partial charge in [-0.2, -0.15) is 13.2 Å². The van der Waals surface area contributed by atoms with Crippen molar-refractivity contribution in [2.24, 2.45) is 4.99 Å². The third-order valence-corrected chi connectivity index (χ3v) is 4.99. The van der Waals surface area contributed by atoms with E-state index in [1.54, 1.807) is 19.1 Å². The molecule has 0 aliphatic rings. The first-order valence-corrected chi connectivity index (χ1v) is 8.80. The predicted molar refractivity (Wildman–Crippen MR) is 107 cm³/mol. The Bertz CT molecular complexity index is 950. The number of halogens is 4. The average molecular weight is 406 g/mol. The molecule has 2 aromatic rings. The molecule has 0 aromatic heterocycles. The molecule has 154 valence electrons. The van der Waals surface area contributed by atoms with Gasteiger partial charge in [0.1, 0.15) is 18.4 Å². The third-order valence-electron chi connectivity index (χ3n) is 4.99. The van der Waals surface area contributed by atoms with Gasteiger partial charge in [-0.25, -0.2) is 4.39 Å². The van der Waals surface area contributed by atoms with Crippen molar-refractivity contribution in [3.63, 3.8) is 0 Å². The highest BCUT2D eigenvalue weighted by Gasteiger charge is 2.54. The number of nitrogen functional groups attached to an aromatic ring is 1. The minimum atomic E-state index is -4.73. The number of alkyl halides is 4. The van der Waals surface area contributed by atoms with Gasteiger partial charge in [0.2, 0.25) is 0 Å². The Kier molecular flexibility index (Phi) is 6.62. The molecule has 1 atom stereocenters. The number of aliphatic imine (C=N–C) groups is 1. The Balaban J connectivity index is 2.64. The lowest BCUT2D eigenvalue weighted by Crippen LogP contribution is -2.42. The van der Waals surface area contributed by atoms with E-state index in [4.69, 9.17) is 5.73 Å². The number of rotatable bonds is 7. The van der Waals surface area contributed by atoms with Crippen LogP contribution in [-0.4, -0.2) is 25.2 Å². The summed E-state index contributed by atoms with van der Waals surface area (Å²) in [5, 5.41) is 0. The van der Waals surface area contributed by atoms with Gasteiger partial charge in [-0.1, -0.05) is 24.3 Å². The molecule has 3 nitrogen and oxygen atoms in total. The van der Waals surface area contributed by atoms with Crippen LogP contribution in [-0.2, 0) is 12.1 Å². The summed E-state index contributed by atoms with van der Waals surface area (Å²) in [6.07, 6.45) is -3.80. The molecule has 0 radical (unpaired) electrons. The van der Waals surface area contributed by atoms with Crippen LogP contribution in [0.2, 0.25) is 0 Å². The lowest BCUT2D eigenvalue weighted by atomic mass is 9.74. The molecular weight excluding hydrogens is 384 g/mol. The van der Waals surface area contributed by atoms with Crippen LogP contribution in [0.5, 0.6) is 0 Å². The first-order chi connectivity index (χ1) is 13.6. The number of carbonyl (C=O) groups excluding carboxylic acids is 1. The van der Waals surface area contributed by atoms with Gasteiger partial charge < -0.3 is 5.73 Å². The molecule has 1 unspecified atom stereocenters. The number of hydrogen-bond donors (Lipinski definition) is 1. The third kappa shape index (κ3) is 4.39. The second kappa shape index (κ2) is 8.59. The van der Waals surface area contributed by atoms with Gasteiger partial charge in [0.15, 0.2) is 0 Å². The zero-order valence-corrected chi connectivity index (χ0v) is 16.2. The molecule has 0 bridgehead atoms. The van der Waals surface area contributed by atoms with Crippen molar-refractivity contribution in [2.45, 2.75) is 31.6 Å². The van der Waals surface area contributed by atoms with E-state index in [0.717, 1.165) is 12.1 Å². The van der Waals surface area contributed by atoms with Crippen LogP contribution >= 0.6 is 0 Å². The van der Waals surface area contributed by atoms with Crippen LogP contribution in [0.4, 0.5) is 23.2 Å². The second-order valence-corrected chi connectivity index (χ2v) is 6.81. The normalized spacial score (nSPS) is 14.3. The molecule has 0 heterocycles. The van der Waals surface area contributed by atoms with Crippen molar-refractivity contribution in [1.29, 1.82) is 0 Å². The first kappa shape index (κ1) is 22.3. The standard InChI is InChI=1S/C22H22F4N2O/c1-4-21(22(24,25)26,18-8-15(12-23)9-19(27)10-18)11-20(28-3)16-5-6-17(13-29)14(2)7-16/h4-10,13H,1,11-12,27H2,2-3H3/b28-20+. The Labute approximate surface area is 167 Å². The molecule has 0 saturated heterocycles. The van der Waals surface area contributed by atoms with Gasteiger partial charge in [-0.3, -0.25) is 9.79 Å². The van der Waals surface area contributed by atoms with E-state index < -0.39 is 24.7 Å². The SMILES string of the molecule is C=CC(C/C(=N\C)c1ccc(C=O)c(C)c1)(c1cc(N)cc(CF)c1)C(F)(F)F. The molecule has 29 heavy (non-hydrogen) atoms. The zero-order chi connectivity index (χ0) is 21.8. The van der Waals surface area contributed by atoms with E-state index in [9.17, 15) is 22.4 Å². The van der Waals surface area contributed by atoms with E-state index >= 15 is 0 Å². The van der Waals surface area contributed by atoms with Gasteiger partial charge in [0.25, 0.3) is 0 Å². The highest BCUT2D eigenvalue weighted by Crippen LogP contribution is 2.46. The van der Waals surface area contributed by atoms with Crippen molar-refractivity contribution in [3.8, 4) is 0 Å². The quantitative estimate of drug-likeness (QED) is 0.221. The molecule has 7 heteroatoms. The lowest BCUT2D eigenvalue weighted by Gasteiger charge is -2.34. The largest absolute Gasteiger partial charge is 0.402 e. The summed E-state index contributed by atoms with van der Waals surface area (Å²) >= 11 is 0. The van der Waals surface area contributed by atoms with E-state index in [1.807, 2.05) is 0 Å². The van der Waals surface area contributed by atoms with Gasteiger partial charge >= 0.3 is 6.18 Å². The van der Waals surface area contributed by atoms with Crippen molar-refractivity contribution >= 4 is 17.7 Å². The predicted octanol–water partition coefficient (Wildman–Crippen LogP) is 5.35. The molecule has 0 saturated carbocycles. The highest BCUT2D eigenvalue weighted by atomic mass is 19.4. The number of nitrogens with zero attached hydrogens (tertiary/aromatic N) is 1. The summed E-state index contributed by atoms with van der Waals surface area (Å²) in [5.41, 5.74) is 4.80. The van der Waals surface area contributed by atoms with Crippen LogP contribution in [0.15, 0.2) is 54.0 Å². The number of nitrogens with two attached hydrogens (primary N) is 1. The van der Waals surface area contributed by atoms with E-state index in [0.29, 0.717) is 23.0 Å². The number of allylic oxidation sites excluding steroid dienone is 1. The summed E-state index contributed by atoms with van der Waals surface area (Å²) in [5.74, 6) is 0. The van der Waals surface area contributed by atoms with E-state index in [1.165, 1.54) is 25.2 Å². The Morgan fingerprint density at radius 3 is 2.38 bits per heavy atom. The average Bonchev–Trinajstić information content (AvgIpc) is 2.67. The number of aldehydes is 1. The van der Waals surface area contributed by atoms with Crippen molar-refractivity contribution in [2.75, 3.05) is 12.8 Å². The number of hydrogen-bond acceptors (Lipinski definition) is 3. The Morgan fingerprint density at radius 2 is 1.90 bits per heavy atom. The van der Waals surface area contributed by atoms with Crippen LogP contribution in [0.25, 0.3) is 0 Å². The first-order valence-electron chi connectivity index (χ1n) is 8.80. The fraction of sp³-hybridized carbons (Fsp3) is 0.273. The smallest absolute Gasteiger partial charge is 0.399 e. The van der Waals surface area contributed by atoms with Crippen molar-refractivity contribution in [3.05, 3.63) is 76.9 Å². The molecule has 0 aliphatic heterocycles. The summed E-state index contributed by atoms with van der Waals surface area (Å²) in [4.78, 5) is 15.1. The van der Waals surface area contributed by atoms with Crippen molar-refractivity contribution < 1.29 is 22.4 Å². The topological polar surface area (TPSA) is 55.5 Å². The van der Waals surface area contributed by atoms with Crippen LogP contribution < -0.4 is 5.73 Å². The second-order valence-electron chi connectivity index (χ2n) is 6.81. The molecular formula is C22H22F4N2O. The summed E-state index contributed by atoms with van der Waals surface area (Å²) in [6, 6.07) is 8.33. The molecule has 0 fully saturated rings. The van der Waals surface area contributed by atoms with Crippen molar-refractivity contribution in [1.82, 2.24) is 0 Å². The minimum Gasteiger partial charge on any atom is -0.399 e. The number of carbonyl (C=O) groups is 1. The maximum atomic E-state index is 14.3. The molecule has 2 rings (SSSR count). The molecule has 0 aliphatic carbocycles. The minimum absolute atomic E-state index is 0.0341. The van der Waals surface area contributed by atoms with E-state index in [2.05, 4.69) is 11.6 Å². The number of aryl methyl sites for hydroxylation is 1. The fourth-order valence-electron chi connectivity index (χ4n) is 3.29. The Morgan fingerprint density at radius 1 is 1.21 bits per heavy atom. The summed E-state index contributed by atoms with van der Waals surface area (Å²) in [6.45, 7) is 4.18. The van der Waals surface area contributed by atoms with Crippen LogP contribution in [0, 0.1) is 6.92 Å². The zero-order valence-electron chi connectivity index (χ0n) is 16.2. The van der Waals surface area contributed by atoms with Gasteiger partial charge in [-0.05, 0) is 47.4 Å². The van der Waals surface area contributed by atoms with Gasteiger partial charge in [0, 0.05) is 30.4 Å². The van der Waals surface area contributed by atoms with Crippen LogP contribution in [0.1, 0.15) is 39.0 Å². The molecule has 0 spiro atoms. The Hall–Kier alpha value is -2.96. The molecule has 0 amide bonds. The monoisotopic (exact) mass is 406 g/mol. The summed E-state index contributed by atoms with van der Waals surface area (Å²) in [7, 11) is 1.40. The summed E-state index contributed by atoms with van der Waals surface area (Å²) < 4.78 is 56.2. The number of benzene rings is 2. The van der Waals surface area contributed by atoms with E-state index in [-0.39, 0.29) is 22.5 Å². The number of anilines is 1. The van der Waals surface area contributed by atoms with Gasteiger partial charge in [0.05, 0.1) is 0 Å². The molecule has 2 aromatic carbocycles.